The van der Waals surface area contributed by atoms with E-state index >= 15 is 0 Å². The molecular weight excluding hydrogens is 433 g/mol. The Bertz CT molecular complexity index is 1220. The molecular formula is C24H23F3N4O2. The molecule has 9 heteroatoms. The highest BCUT2D eigenvalue weighted by molar-refractivity contribution is 5.95. The predicted molar refractivity (Wildman–Crippen MR) is 116 cm³/mol. The molecule has 1 saturated carbocycles. The Morgan fingerprint density at radius 1 is 1.18 bits per heavy atom. The van der Waals surface area contributed by atoms with Gasteiger partial charge in [-0.25, -0.2) is 4.98 Å². The SMILES string of the molecule is CC(=O)N1c2ccc(-c3cnn(C4CC4)c3)c(Oc3ncccc3C(F)(F)F)c2CC[C@@H]1C. The van der Waals surface area contributed by atoms with E-state index in [2.05, 4.69) is 10.1 Å². The van der Waals surface area contributed by atoms with Crippen LogP contribution in [-0.4, -0.2) is 26.7 Å². The summed E-state index contributed by atoms with van der Waals surface area (Å²) in [6.45, 7) is 3.44. The number of ether oxygens (including phenoxy) is 1. The molecule has 1 aliphatic heterocycles. The average Bonchev–Trinajstić information content (AvgIpc) is 3.50. The summed E-state index contributed by atoms with van der Waals surface area (Å²) in [6.07, 6.45) is 3.60. The summed E-state index contributed by atoms with van der Waals surface area (Å²) in [7, 11) is 0. The second-order valence-electron chi connectivity index (χ2n) is 8.61. The van der Waals surface area contributed by atoms with Crippen LogP contribution < -0.4 is 9.64 Å². The largest absolute Gasteiger partial charge is 0.437 e. The second kappa shape index (κ2) is 7.90. The number of hydrogen-bond acceptors (Lipinski definition) is 4. The monoisotopic (exact) mass is 456 g/mol. The zero-order chi connectivity index (χ0) is 23.3. The van der Waals surface area contributed by atoms with Gasteiger partial charge in [0.2, 0.25) is 11.8 Å². The number of amides is 1. The molecule has 2 aromatic heterocycles. The summed E-state index contributed by atoms with van der Waals surface area (Å²) >= 11 is 0. The number of carbonyl (C=O) groups is 1. The van der Waals surface area contributed by atoms with Crippen LogP contribution in [0, 0.1) is 0 Å². The summed E-state index contributed by atoms with van der Waals surface area (Å²) in [6, 6.07) is 6.15. The van der Waals surface area contributed by atoms with Gasteiger partial charge < -0.3 is 9.64 Å². The van der Waals surface area contributed by atoms with E-state index in [9.17, 15) is 18.0 Å². The Labute approximate surface area is 189 Å². The van der Waals surface area contributed by atoms with E-state index in [0.717, 1.165) is 24.5 Å². The van der Waals surface area contributed by atoms with Crippen LogP contribution in [0.2, 0.25) is 0 Å². The van der Waals surface area contributed by atoms with E-state index in [1.807, 2.05) is 23.9 Å². The molecule has 1 aliphatic carbocycles. The molecule has 0 unspecified atom stereocenters. The number of anilines is 1. The molecule has 5 rings (SSSR count). The minimum Gasteiger partial charge on any atom is -0.437 e. The highest BCUT2D eigenvalue weighted by Crippen LogP contribution is 2.46. The molecule has 3 aromatic rings. The minimum absolute atomic E-state index is 0.0214. The lowest BCUT2D eigenvalue weighted by Gasteiger charge is -2.36. The van der Waals surface area contributed by atoms with Crippen LogP contribution in [0.1, 0.15) is 50.3 Å². The first kappa shape index (κ1) is 21.5. The third-order valence-electron chi connectivity index (χ3n) is 6.20. The van der Waals surface area contributed by atoms with Gasteiger partial charge in [-0.15, -0.1) is 0 Å². The van der Waals surface area contributed by atoms with Gasteiger partial charge in [-0.05, 0) is 56.9 Å². The summed E-state index contributed by atoms with van der Waals surface area (Å²) in [4.78, 5) is 17.9. The van der Waals surface area contributed by atoms with Crippen molar-refractivity contribution in [3.05, 3.63) is 54.0 Å². The molecule has 172 valence electrons. The zero-order valence-electron chi connectivity index (χ0n) is 18.3. The normalized spacial score (nSPS) is 18.2. The van der Waals surface area contributed by atoms with Crippen molar-refractivity contribution in [1.29, 1.82) is 0 Å². The molecule has 2 aliphatic rings. The number of pyridine rings is 1. The number of benzene rings is 1. The Hall–Kier alpha value is -3.36. The lowest BCUT2D eigenvalue weighted by molar-refractivity contribution is -0.138. The number of carbonyl (C=O) groups excluding carboxylic acids is 1. The predicted octanol–water partition coefficient (Wildman–Crippen LogP) is 5.78. The number of fused-ring (bicyclic) bond motifs is 1. The molecule has 0 N–H and O–H groups in total. The summed E-state index contributed by atoms with van der Waals surface area (Å²) in [5.41, 5.74) is 1.77. The maximum Gasteiger partial charge on any atom is 0.421 e. The third kappa shape index (κ3) is 3.96. The lowest BCUT2D eigenvalue weighted by Crippen LogP contribution is -2.40. The Kier molecular flexibility index (Phi) is 5.14. The van der Waals surface area contributed by atoms with Crippen LogP contribution in [0.15, 0.2) is 42.9 Å². The molecule has 0 spiro atoms. The van der Waals surface area contributed by atoms with Crippen molar-refractivity contribution in [1.82, 2.24) is 14.8 Å². The second-order valence-corrected chi connectivity index (χ2v) is 8.61. The third-order valence-corrected chi connectivity index (χ3v) is 6.20. The van der Waals surface area contributed by atoms with Crippen LogP contribution in [0.3, 0.4) is 0 Å². The van der Waals surface area contributed by atoms with Gasteiger partial charge in [0.1, 0.15) is 11.3 Å². The van der Waals surface area contributed by atoms with Crippen molar-refractivity contribution in [2.45, 2.75) is 57.8 Å². The Morgan fingerprint density at radius 3 is 2.67 bits per heavy atom. The lowest BCUT2D eigenvalue weighted by atomic mass is 9.92. The molecule has 1 fully saturated rings. The maximum atomic E-state index is 13.6. The van der Waals surface area contributed by atoms with Crippen molar-refractivity contribution in [3.63, 3.8) is 0 Å². The number of hydrogen-bond donors (Lipinski definition) is 0. The fourth-order valence-corrected chi connectivity index (χ4v) is 4.43. The standard InChI is InChI=1S/C24H23F3N4O2/c1-14-5-8-19-21(31(14)15(2)32)10-9-18(16-12-29-30(13-16)17-6-7-17)22(19)33-23-20(24(25,26)27)4-3-11-28-23/h3-4,9-14,17H,5-8H2,1-2H3/t14-/m0/s1. The first-order valence-electron chi connectivity index (χ1n) is 10.9. The summed E-state index contributed by atoms with van der Waals surface area (Å²) in [5, 5.41) is 4.43. The first-order chi connectivity index (χ1) is 15.7. The van der Waals surface area contributed by atoms with Gasteiger partial charge >= 0.3 is 6.18 Å². The molecule has 0 radical (unpaired) electrons. The van der Waals surface area contributed by atoms with E-state index in [1.165, 1.54) is 19.2 Å². The fraction of sp³-hybridized carbons (Fsp3) is 0.375. The number of rotatable bonds is 4. The van der Waals surface area contributed by atoms with Crippen LogP contribution in [-0.2, 0) is 17.4 Å². The summed E-state index contributed by atoms with van der Waals surface area (Å²) in [5.74, 6) is -0.357. The Morgan fingerprint density at radius 2 is 1.97 bits per heavy atom. The quantitative estimate of drug-likeness (QED) is 0.500. The minimum atomic E-state index is -4.62. The van der Waals surface area contributed by atoms with Crippen molar-refractivity contribution in [2.75, 3.05) is 4.90 Å². The van der Waals surface area contributed by atoms with Crippen molar-refractivity contribution in [3.8, 4) is 22.8 Å². The van der Waals surface area contributed by atoms with E-state index in [-0.39, 0.29) is 17.7 Å². The van der Waals surface area contributed by atoms with Gasteiger partial charge in [-0.3, -0.25) is 9.48 Å². The topological polar surface area (TPSA) is 60.2 Å². The number of nitrogens with zero attached hydrogens (tertiary/aromatic N) is 4. The zero-order valence-corrected chi connectivity index (χ0v) is 18.3. The van der Waals surface area contributed by atoms with E-state index in [1.54, 1.807) is 17.2 Å². The van der Waals surface area contributed by atoms with Gasteiger partial charge in [0.25, 0.3) is 0 Å². The maximum absolute atomic E-state index is 13.6. The van der Waals surface area contributed by atoms with Crippen LogP contribution in [0.5, 0.6) is 11.6 Å². The smallest absolute Gasteiger partial charge is 0.421 e. The number of aromatic nitrogens is 3. The average molecular weight is 456 g/mol. The molecule has 33 heavy (non-hydrogen) atoms. The van der Waals surface area contributed by atoms with Gasteiger partial charge in [-0.1, -0.05) is 0 Å². The van der Waals surface area contributed by atoms with Crippen molar-refractivity contribution < 1.29 is 22.7 Å². The van der Waals surface area contributed by atoms with Crippen LogP contribution >= 0.6 is 0 Å². The van der Waals surface area contributed by atoms with Crippen molar-refractivity contribution in [2.24, 2.45) is 0 Å². The molecule has 3 heterocycles. The molecule has 0 saturated heterocycles. The Balaban J connectivity index is 1.67. The van der Waals surface area contributed by atoms with E-state index in [0.29, 0.717) is 35.7 Å². The van der Waals surface area contributed by atoms with Crippen LogP contribution in [0.4, 0.5) is 18.9 Å². The van der Waals surface area contributed by atoms with Gasteiger partial charge in [0.15, 0.2) is 0 Å². The number of halogens is 3. The summed E-state index contributed by atoms with van der Waals surface area (Å²) < 4.78 is 48.8. The van der Waals surface area contributed by atoms with Gasteiger partial charge in [-0.2, -0.15) is 18.3 Å². The molecule has 0 bridgehead atoms. The first-order valence-corrected chi connectivity index (χ1v) is 10.9. The van der Waals surface area contributed by atoms with Crippen molar-refractivity contribution >= 4 is 11.6 Å². The van der Waals surface area contributed by atoms with Gasteiger partial charge in [0.05, 0.1) is 17.9 Å². The highest BCUT2D eigenvalue weighted by atomic mass is 19.4. The van der Waals surface area contributed by atoms with Crippen LogP contribution in [0.25, 0.3) is 11.1 Å². The fourth-order valence-electron chi connectivity index (χ4n) is 4.43. The number of alkyl halides is 3. The molecule has 1 atom stereocenters. The van der Waals surface area contributed by atoms with E-state index < -0.39 is 17.6 Å². The molecule has 6 nitrogen and oxygen atoms in total. The molecule has 1 aromatic carbocycles. The molecule has 1 amide bonds. The van der Waals surface area contributed by atoms with Gasteiger partial charge in [0, 0.05) is 42.0 Å². The highest BCUT2D eigenvalue weighted by Gasteiger charge is 2.37. The van der Waals surface area contributed by atoms with E-state index in [4.69, 9.17) is 4.74 Å².